The minimum absolute atomic E-state index is 0.173. The van der Waals surface area contributed by atoms with Gasteiger partial charge in [-0.2, -0.15) is 18.3 Å². The molecule has 2 atom stereocenters. The molecule has 2 unspecified atom stereocenters. The summed E-state index contributed by atoms with van der Waals surface area (Å²) in [5, 5.41) is 16.9. The number of hydrogen-bond acceptors (Lipinski definition) is 4. The Hall–Kier alpha value is -2.22. The van der Waals surface area contributed by atoms with Crippen LogP contribution in [0.1, 0.15) is 34.6 Å². The van der Waals surface area contributed by atoms with Crippen LogP contribution in [0.4, 0.5) is 19.0 Å². The van der Waals surface area contributed by atoms with Crippen molar-refractivity contribution in [2.45, 2.75) is 24.7 Å². The molecular formula is C14H10ClF3N3O2-. The van der Waals surface area contributed by atoms with Crippen LogP contribution in [0.15, 0.2) is 30.3 Å². The minimum atomic E-state index is -4.59. The zero-order valence-corrected chi connectivity index (χ0v) is 12.2. The molecule has 0 saturated heterocycles. The van der Waals surface area contributed by atoms with Crippen molar-refractivity contribution in [1.29, 1.82) is 0 Å². The Morgan fingerprint density at radius 2 is 2.00 bits per heavy atom. The van der Waals surface area contributed by atoms with Gasteiger partial charge in [-0.25, -0.2) is 4.68 Å². The Balaban J connectivity index is 2.10. The molecule has 0 amide bonds. The van der Waals surface area contributed by atoms with E-state index in [1.54, 1.807) is 30.3 Å². The lowest BCUT2D eigenvalue weighted by Gasteiger charge is -2.33. The first-order valence-electron chi connectivity index (χ1n) is 6.66. The fourth-order valence-electron chi connectivity index (χ4n) is 2.62. The molecule has 0 fully saturated rings. The van der Waals surface area contributed by atoms with Gasteiger partial charge in [-0.1, -0.05) is 41.9 Å². The monoisotopic (exact) mass is 344 g/mol. The molecule has 0 aliphatic carbocycles. The van der Waals surface area contributed by atoms with E-state index < -0.39 is 29.9 Å². The Kier molecular flexibility index (Phi) is 3.71. The molecule has 5 nitrogen and oxygen atoms in total. The summed E-state index contributed by atoms with van der Waals surface area (Å²) in [6.07, 6.45) is -4.92. The van der Waals surface area contributed by atoms with Gasteiger partial charge in [0.05, 0.1) is 12.0 Å². The van der Waals surface area contributed by atoms with E-state index in [1.807, 2.05) is 0 Å². The minimum Gasteiger partial charge on any atom is -0.543 e. The number of carboxylic acids is 1. The second-order valence-corrected chi connectivity index (χ2v) is 5.52. The van der Waals surface area contributed by atoms with Crippen molar-refractivity contribution in [1.82, 2.24) is 9.78 Å². The number of rotatable bonds is 2. The summed E-state index contributed by atoms with van der Waals surface area (Å²) in [6, 6.07) is 5.89. The van der Waals surface area contributed by atoms with Gasteiger partial charge in [-0.15, -0.1) is 0 Å². The highest BCUT2D eigenvalue weighted by Gasteiger charge is 2.47. The highest BCUT2D eigenvalue weighted by molar-refractivity contribution is 6.35. The van der Waals surface area contributed by atoms with Crippen LogP contribution in [0, 0.1) is 0 Å². The van der Waals surface area contributed by atoms with Gasteiger partial charge in [-0.05, 0) is 5.56 Å². The average molecular weight is 345 g/mol. The highest BCUT2D eigenvalue weighted by atomic mass is 35.5. The molecule has 1 N–H and O–H groups in total. The fraction of sp³-hybridized carbons (Fsp3) is 0.286. The first kappa shape index (κ1) is 15.7. The van der Waals surface area contributed by atoms with Gasteiger partial charge in [0, 0.05) is 6.42 Å². The highest BCUT2D eigenvalue weighted by Crippen LogP contribution is 2.46. The molecule has 23 heavy (non-hydrogen) atoms. The second-order valence-electron chi connectivity index (χ2n) is 5.14. The zero-order chi connectivity index (χ0) is 16.8. The third-order valence-corrected chi connectivity index (χ3v) is 4.05. The molecule has 1 aromatic carbocycles. The summed E-state index contributed by atoms with van der Waals surface area (Å²) in [4.78, 5) is 11.0. The number of nitrogens with zero attached hydrogens (tertiary/aromatic N) is 2. The first-order chi connectivity index (χ1) is 10.8. The maximum Gasteiger partial charge on any atom is 0.410 e. The number of aromatic carboxylic acids is 1. The molecule has 3 rings (SSSR count). The predicted octanol–water partition coefficient (Wildman–Crippen LogP) is 2.56. The van der Waals surface area contributed by atoms with Crippen LogP contribution in [0.5, 0.6) is 0 Å². The van der Waals surface area contributed by atoms with E-state index in [-0.39, 0.29) is 17.3 Å². The third kappa shape index (κ3) is 2.74. The summed E-state index contributed by atoms with van der Waals surface area (Å²) < 4.78 is 40.6. The number of carbonyl (C=O) groups excluding carboxylic acids is 1. The summed E-state index contributed by atoms with van der Waals surface area (Å²) in [7, 11) is 0. The number of fused-ring (bicyclic) bond motifs is 1. The van der Waals surface area contributed by atoms with Gasteiger partial charge in [0.15, 0.2) is 6.04 Å². The Morgan fingerprint density at radius 3 is 2.57 bits per heavy atom. The molecule has 0 bridgehead atoms. The van der Waals surface area contributed by atoms with Crippen LogP contribution in [0.2, 0.25) is 5.02 Å². The van der Waals surface area contributed by atoms with Crippen LogP contribution in [0.3, 0.4) is 0 Å². The van der Waals surface area contributed by atoms with Gasteiger partial charge < -0.3 is 15.2 Å². The fourth-order valence-corrected chi connectivity index (χ4v) is 2.88. The van der Waals surface area contributed by atoms with Crippen LogP contribution in [0.25, 0.3) is 0 Å². The molecular weight excluding hydrogens is 335 g/mol. The van der Waals surface area contributed by atoms with E-state index in [2.05, 4.69) is 10.4 Å². The van der Waals surface area contributed by atoms with Gasteiger partial charge >= 0.3 is 6.18 Å². The molecule has 1 aromatic heterocycles. The topological polar surface area (TPSA) is 70.0 Å². The SMILES string of the molecule is O=C([O-])c1nn2c(c1Cl)NC(c1ccccc1)CC2C(F)(F)F. The number of hydrogen-bond donors (Lipinski definition) is 1. The second kappa shape index (κ2) is 5.45. The molecule has 2 heterocycles. The molecule has 1 aliphatic rings. The van der Waals surface area contributed by atoms with Crippen molar-refractivity contribution in [2.24, 2.45) is 0 Å². The number of aromatic nitrogens is 2. The zero-order valence-electron chi connectivity index (χ0n) is 11.5. The van der Waals surface area contributed by atoms with Crippen molar-refractivity contribution < 1.29 is 23.1 Å². The van der Waals surface area contributed by atoms with Gasteiger partial charge in [0.2, 0.25) is 0 Å². The largest absolute Gasteiger partial charge is 0.543 e. The van der Waals surface area contributed by atoms with Crippen LogP contribution >= 0.6 is 11.6 Å². The lowest BCUT2D eigenvalue weighted by Crippen LogP contribution is -2.36. The lowest BCUT2D eigenvalue weighted by molar-refractivity contribution is -0.255. The number of carboxylic acid groups (broad SMARTS) is 1. The van der Waals surface area contributed by atoms with E-state index in [9.17, 15) is 23.1 Å². The van der Waals surface area contributed by atoms with Crippen molar-refractivity contribution in [3.63, 3.8) is 0 Å². The molecule has 9 heteroatoms. The summed E-state index contributed by atoms with van der Waals surface area (Å²) in [6.45, 7) is 0. The van der Waals surface area contributed by atoms with Gasteiger partial charge in [0.25, 0.3) is 0 Å². The van der Waals surface area contributed by atoms with Gasteiger partial charge in [0.1, 0.15) is 16.5 Å². The average Bonchev–Trinajstić information content (AvgIpc) is 2.84. The number of anilines is 1. The Morgan fingerprint density at radius 1 is 1.35 bits per heavy atom. The van der Waals surface area contributed by atoms with Crippen molar-refractivity contribution >= 4 is 23.4 Å². The number of benzene rings is 1. The van der Waals surface area contributed by atoms with E-state index >= 15 is 0 Å². The predicted molar refractivity (Wildman–Crippen MR) is 74.1 cm³/mol. The van der Waals surface area contributed by atoms with Crippen LogP contribution in [-0.4, -0.2) is 21.9 Å². The van der Waals surface area contributed by atoms with E-state index in [0.29, 0.717) is 10.2 Å². The summed E-state index contributed by atoms with van der Waals surface area (Å²) >= 11 is 5.87. The van der Waals surface area contributed by atoms with E-state index in [4.69, 9.17) is 11.6 Å². The van der Waals surface area contributed by atoms with Crippen molar-refractivity contribution in [3.8, 4) is 0 Å². The van der Waals surface area contributed by atoms with Gasteiger partial charge in [-0.3, -0.25) is 0 Å². The smallest absolute Gasteiger partial charge is 0.410 e. The Labute approximate surface area is 133 Å². The number of alkyl halides is 3. The first-order valence-corrected chi connectivity index (χ1v) is 7.04. The lowest BCUT2D eigenvalue weighted by atomic mass is 9.97. The summed E-state index contributed by atoms with van der Waals surface area (Å²) in [5.41, 5.74) is -0.0719. The third-order valence-electron chi connectivity index (χ3n) is 3.69. The van der Waals surface area contributed by atoms with E-state index in [0.717, 1.165) is 0 Å². The maximum atomic E-state index is 13.4. The number of halogens is 4. The quantitative estimate of drug-likeness (QED) is 0.909. The number of carbonyl (C=O) groups is 1. The number of nitrogens with one attached hydrogen (secondary N) is 1. The molecule has 0 spiro atoms. The van der Waals surface area contributed by atoms with Crippen LogP contribution < -0.4 is 10.4 Å². The standard InChI is InChI=1S/C14H11ClF3N3O2/c15-10-11(13(22)23)20-21-9(14(16,17)18)6-8(19-12(10)21)7-4-2-1-3-5-7/h1-5,8-9,19H,6H2,(H,22,23)/p-1. The van der Waals surface area contributed by atoms with Crippen molar-refractivity contribution in [3.05, 3.63) is 46.6 Å². The Bertz CT molecular complexity index is 746. The van der Waals surface area contributed by atoms with Crippen LogP contribution in [-0.2, 0) is 0 Å². The van der Waals surface area contributed by atoms with Crippen molar-refractivity contribution in [2.75, 3.05) is 5.32 Å². The molecule has 1 aliphatic heterocycles. The maximum absolute atomic E-state index is 13.4. The normalized spacial score (nSPS) is 20.7. The molecule has 2 aromatic rings. The summed E-state index contributed by atoms with van der Waals surface area (Å²) in [5.74, 6) is -1.90. The molecule has 0 saturated carbocycles. The molecule has 122 valence electrons. The van der Waals surface area contributed by atoms with E-state index in [1.165, 1.54) is 0 Å². The molecule has 0 radical (unpaired) electrons.